The highest BCUT2D eigenvalue weighted by molar-refractivity contribution is 6.03. The molecule has 1 heterocycles. The van der Waals surface area contributed by atoms with E-state index in [0.29, 0.717) is 5.39 Å². The van der Waals surface area contributed by atoms with E-state index < -0.39 is 24.0 Å². The molecular weight excluding hydrogens is 384 g/mol. The van der Waals surface area contributed by atoms with E-state index in [1.54, 1.807) is 24.3 Å². The Kier molecular flexibility index (Phi) is 5.61. The smallest absolute Gasteiger partial charge is 0.326 e. The van der Waals surface area contributed by atoms with E-state index in [9.17, 15) is 24.6 Å². The molecule has 2 fully saturated rings. The second-order valence-electron chi connectivity index (χ2n) is 8.27. The van der Waals surface area contributed by atoms with E-state index in [4.69, 9.17) is 0 Å². The number of aromatic hydroxyl groups is 1. The van der Waals surface area contributed by atoms with Crippen LogP contribution in [-0.4, -0.2) is 51.5 Å². The highest BCUT2D eigenvalue weighted by Gasteiger charge is 2.42. The minimum absolute atomic E-state index is 0.103. The number of phenols is 1. The van der Waals surface area contributed by atoms with Crippen LogP contribution < -0.4 is 5.32 Å². The van der Waals surface area contributed by atoms with Crippen LogP contribution in [0.15, 0.2) is 36.4 Å². The number of hydrogen-bond acceptors (Lipinski definition) is 4. The molecule has 0 radical (unpaired) electrons. The number of fused-ring (bicyclic) bond motifs is 1. The van der Waals surface area contributed by atoms with Crippen LogP contribution in [0.3, 0.4) is 0 Å². The third-order valence-electron chi connectivity index (χ3n) is 6.30. The first-order valence-electron chi connectivity index (χ1n) is 10.5. The van der Waals surface area contributed by atoms with Gasteiger partial charge in [-0.25, -0.2) is 4.79 Å². The minimum atomic E-state index is -1.05. The van der Waals surface area contributed by atoms with Gasteiger partial charge in [0.1, 0.15) is 11.8 Å². The highest BCUT2D eigenvalue weighted by atomic mass is 16.4. The van der Waals surface area contributed by atoms with Crippen molar-refractivity contribution in [3.63, 3.8) is 0 Å². The monoisotopic (exact) mass is 410 g/mol. The molecule has 7 nitrogen and oxygen atoms in total. The standard InChI is InChI=1S/C23H26N2O5/c26-20-17-9-5-4-6-14(17)10-11-18(20)21(27)24-16-12-19(23(29)30)25(13-16)22(28)15-7-2-1-3-8-15/h4-6,9-11,15-16,19,26H,1-3,7-8,12-13H2,(H,24,27)(H,29,30)/t16-,19-/m0/s1. The first-order chi connectivity index (χ1) is 14.5. The second kappa shape index (κ2) is 8.34. The summed E-state index contributed by atoms with van der Waals surface area (Å²) in [5.41, 5.74) is 0.137. The third-order valence-corrected chi connectivity index (χ3v) is 6.30. The van der Waals surface area contributed by atoms with Crippen molar-refractivity contribution >= 4 is 28.6 Å². The van der Waals surface area contributed by atoms with Gasteiger partial charge in [0.05, 0.1) is 5.56 Å². The summed E-state index contributed by atoms with van der Waals surface area (Å²) in [5, 5.41) is 24.4. The Hall–Kier alpha value is -3.09. The molecule has 3 N–H and O–H groups in total. The number of nitrogens with one attached hydrogen (secondary N) is 1. The van der Waals surface area contributed by atoms with Gasteiger partial charge in [-0.3, -0.25) is 9.59 Å². The molecule has 158 valence electrons. The fourth-order valence-corrected chi connectivity index (χ4v) is 4.70. The Balaban J connectivity index is 1.49. The molecule has 2 atom stereocenters. The second-order valence-corrected chi connectivity index (χ2v) is 8.27. The van der Waals surface area contributed by atoms with E-state index in [0.717, 1.165) is 37.5 Å². The van der Waals surface area contributed by atoms with Crippen molar-refractivity contribution in [2.75, 3.05) is 6.54 Å². The summed E-state index contributed by atoms with van der Waals surface area (Å²) >= 11 is 0. The lowest BCUT2D eigenvalue weighted by atomic mass is 9.88. The highest BCUT2D eigenvalue weighted by Crippen LogP contribution is 2.31. The molecule has 1 saturated carbocycles. The molecular formula is C23H26N2O5. The van der Waals surface area contributed by atoms with Gasteiger partial charge in [0.2, 0.25) is 5.91 Å². The Morgan fingerprint density at radius 1 is 1.00 bits per heavy atom. The lowest BCUT2D eigenvalue weighted by Crippen LogP contribution is -2.44. The number of carbonyl (C=O) groups excluding carboxylic acids is 2. The number of carbonyl (C=O) groups is 3. The van der Waals surface area contributed by atoms with E-state index >= 15 is 0 Å². The number of hydrogen-bond donors (Lipinski definition) is 3. The predicted molar refractivity (Wildman–Crippen MR) is 111 cm³/mol. The molecule has 0 aromatic heterocycles. The molecule has 0 bridgehead atoms. The van der Waals surface area contributed by atoms with Crippen molar-refractivity contribution in [1.29, 1.82) is 0 Å². The molecule has 2 amide bonds. The van der Waals surface area contributed by atoms with Crippen molar-refractivity contribution in [3.8, 4) is 5.75 Å². The number of aliphatic carboxylic acids is 1. The van der Waals surface area contributed by atoms with Gasteiger partial charge < -0.3 is 20.4 Å². The fourth-order valence-electron chi connectivity index (χ4n) is 4.70. The van der Waals surface area contributed by atoms with Gasteiger partial charge in [-0.1, -0.05) is 49.6 Å². The third kappa shape index (κ3) is 3.84. The first kappa shape index (κ1) is 20.2. The van der Waals surface area contributed by atoms with Crippen molar-refractivity contribution in [3.05, 3.63) is 42.0 Å². The summed E-state index contributed by atoms with van der Waals surface area (Å²) in [4.78, 5) is 38.9. The van der Waals surface area contributed by atoms with E-state index in [1.165, 1.54) is 4.90 Å². The molecule has 1 aliphatic heterocycles. The van der Waals surface area contributed by atoms with Gasteiger partial charge in [-0.05, 0) is 24.3 Å². The van der Waals surface area contributed by atoms with E-state index in [2.05, 4.69) is 5.32 Å². The van der Waals surface area contributed by atoms with Crippen LogP contribution in [0.1, 0.15) is 48.9 Å². The number of nitrogens with zero attached hydrogens (tertiary/aromatic N) is 1. The summed E-state index contributed by atoms with van der Waals surface area (Å²) < 4.78 is 0. The van der Waals surface area contributed by atoms with Crippen LogP contribution in [0.5, 0.6) is 5.75 Å². The van der Waals surface area contributed by atoms with Gasteiger partial charge in [0, 0.05) is 30.3 Å². The lowest BCUT2D eigenvalue weighted by molar-refractivity contribution is -0.150. The molecule has 1 aliphatic carbocycles. The predicted octanol–water partition coefficient (Wildman–Crippen LogP) is 2.91. The number of phenolic OH excluding ortho intramolecular Hbond substituents is 1. The number of likely N-dealkylation sites (tertiary alicyclic amines) is 1. The Morgan fingerprint density at radius 2 is 1.73 bits per heavy atom. The van der Waals surface area contributed by atoms with Gasteiger partial charge in [0.25, 0.3) is 5.91 Å². The van der Waals surface area contributed by atoms with Crippen LogP contribution in [0.25, 0.3) is 10.8 Å². The maximum atomic E-state index is 12.9. The van der Waals surface area contributed by atoms with Crippen molar-refractivity contribution in [1.82, 2.24) is 10.2 Å². The normalized spacial score (nSPS) is 22.2. The SMILES string of the molecule is O=C(N[C@H]1C[C@@H](C(=O)O)N(C(=O)C2CCCCC2)C1)c1ccc2ccccc2c1O. The van der Waals surface area contributed by atoms with Gasteiger partial charge in [0.15, 0.2) is 0 Å². The maximum absolute atomic E-state index is 12.9. The Morgan fingerprint density at radius 3 is 2.47 bits per heavy atom. The zero-order chi connectivity index (χ0) is 21.3. The average molecular weight is 410 g/mol. The van der Waals surface area contributed by atoms with Crippen molar-refractivity contribution in [2.45, 2.75) is 50.6 Å². The summed E-state index contributed by atoms with van der Waals surface area (Å²) in [6.45, 7) is 0.173. The largest absolute Gasteiger partial charge is 0.506 e. The summed E-state index contributed by atoms with van der Waals surface area (Å²) in [6, 6.07) is 9.13. The topological polar surface area (TPSA) is 107 Å². The van der Waals surface area contributed by atoms with Crippen LogP contribution in [0, 0.1) is 5.92 Å². The molecule has 4 rings (SSSR count). The van der Waals surface area contributed by atoms with Gasteiger partial charge >= 0.3 is 5.97 Å². The van der Waals surface area contributed by atoms with E-state index in [1.807, 2.05) is 12.1 Å². The van der Waals surface area contributed by atoms with Crippen LogP contribution in [0.4, 0.5) is 0 Å². The first-order valence-corrected chi connectivity index (χ1v) is 10.5. The molecule has 2 aromatic carbocycles. The van der Waals surface area contributed by atoms with Crippen LogP contribution >= 0.6 is 0 Å². The quantitative estimate of drug-likeness (QED) is 0.718. The van der Waals surface area contributed by atoms with Crippen LogP contribution in [-0.2, 0) is 9.59 Å². The number of amides is 2. The Labute approximate surface area is 174 Å². The summed E-state index contributed by atoms with van der Waals surface area (Å²) in [7, 11) is 0. The zero-order valence-electron chi connectivity index (χ0n) is 16.7. The molecule has 2 aromatic rings. The number of benzene rings is 2. The van der Waals surface area contributed by atoms with Gasteiger partial charge in [-0.15, -0.1) is 0 Å². The molecule has 0 unspecified atom stereocenters. The summed E-state index contributed by atoms with van der Waals surface area (Å²) in [6.07, 6.45) is 4.84. The zero-order valence-corrected chi connectivity index (χ0v) is 16.7. The number of rotatable bonds is 4. The average Bonchev–Trinajstić information content (AvgIpc) is 3.18. The molecule has 1 saturated heterocycles. The summed E-state index contributed by atoms with van der Waals surface area (Å²) in [5.74, 6) is -1.87. The van der Waals surface area contributed by atoms with Crippen molar-refractivity contribution in [2.24, 2.45) is 5.92 Å². The Bertz CT molecular complexity index is 983. The maximum Gasteiger partial charge on any atom is 0.326 e. The molecule has 0 spiro atoms. The fraction of sp³-hybridized carbons (Fsp3) is 0.435. The molecule has 30 heavy (non-hydrogen) atoms. The lowest BCUT2D eigenvalue weighted by Gasteiger charge is -2.28. The van der Waals surface area contributed by atoms with Crippen LogP contribution in [0.2, 0.25) is 0 Å². The molecule has 2 aliphatic rings. The molecule has 7 heteroatoms. The van der Waals surface area contributed by atoms with E-state index in [-0.39, 0.29) is 36.1 Å². The van der Waals surface area contributed by atoms with Gasteiger partial charge in [-0.2, -0.15) is 0 Å². The number of carboxylic acids is 1. The van der Waals surface area contributed by atoms with Crippen molar-refractivity contribution < 1.29 is 24.6 Å². The number of carboxylic acid groups (broad SMARTS) is 1. The minimum Gasteiger partial charge on any atom is -0.506 e.